The van der Waals surface area contributed by atoms with Crippen LogP contribution in [0.2, 0.25) is 0 Å². The van der Waals surface area contributed by atoms with Crippen LogP contribution in [0.3, 0.4) is 0 Å². The minimum atomic E-state index is -0.212. The lowest BCUT2D eigenvalue weighted by atomic mass is 10.0. The summed E-state index contributed by atoms with van der Waals surface area (Å²) >= 11 is 0. The predicted octanol–water partition coefficient (Wildman–Crippen LogP) is 3.90. The van der Waals surface area contributed by atoms with Gasteiger partial charge in [-0.2, -0.15) is 0 Å². The van der Waals surface area contributed by atoms with Gasteiger partial charge in [0.25, 0.3) is 0 Å². The minimum absolute atomic E-state index is 0.0557. The first-order valence-electron chi connectivity index (χ1n) is 8.99. The summed E-state index contributed by atoms with van der Waals surface area (Å²) in [5.41, 5.74) is 7.99. The summed E-state index contributed by atoms with van der Waals surface area (Å²) in [5.74, 6) is 0.514. The predicted molar refractivity (Wildman–Crippen MR) is 105 cm³/mol. The van der Waals surface area contributed by atoms with E-state index in [1.165, 1.54) is 10.0 Å². The number of benzene rings is 2. The Morgan fingerprint density at radius 2 is 1.26 bits per heavy atom. The first-order chi connectivity index (χ1) is 12.9. The van der Waals surface area contributed by atoms with E-state index in [1.54, 1.807) is 12.1 Å². The van der Waals surface area contributed by atoms with Crippen LogP contribution in [0.25, 0.3) is 11.1 Å². The van der Waals surface area contributed by atoms with Crippen molar-refractivity contribution in [3.8, 4) is 11.1 Å². The Morgan fingerprint density at radius 1 is 0.778 bits per heavy atom. The topological polar surface area (TPSA) is 67.1 Å². The van der Waals surface area contributed by atoms with Gasteiger partial charge < -0.3 is 0 Å². The van der Waals surface area contributed by atoms with Gasteiger partial charge in [-0.3, -0.25) is 4.79 Å². The average Bonchev–Trinajstić information content (AvgIpc) is 2.68. The van der Waals surface area contributed by atoms with Gasteiger partial charge >= 0.3 is 6.03 Å². The molecule has 0 unspecified atom stereocenters. The molecule has 6 heteroatoms. The minimum Gasteiger partial charge on any atom is -0.298 e. The molecule has 0 atom stereocenters. The maximum Gasteiger partial charge on any atom is 0.361 e. The van der Waals surface area contributed by atoms with Crippen LogP contribution in [-0.4, -0.2) is 40.3 Å². The molecule has 2 aromatic carbocycles. The number of rotatable bonds is 5. The van der Waals surface area contributed by atoms with Gasteiger partial charge in [0.2, 0.25) is 0 Å². The number of hydrogen-bond acceptors (Lipinski definition) is 3. The molecule has 2 aromatic rings. The van der Waals surface area contributed by atoms with Crippen LogP contribution in [0.5, 0.6) is 0 Å². The molecule has 0 saturated carbocycles. The molecule has 27 heavy (non-hydrogen) atoms. The molecule has 1 heterocycles. The molecule has 1 aliphatic heterocycles. The highest BCUT2D eigenvalue weighted by atomic mass is 16.2. The lowest BCUT2D eigenvalue weighted by Gasteiger charge is -2.35. The third-order valence-electron chi connectivity index (χ3n) is 4.30. The number of urea groups is 1. The number of amides is 2. The van der Waals surface area contributed by atoms with E-state index in [0.29, 0.717) is 11.4 Å². The van der Waals surface area contributed by atoms with Gasteiger partial charge in [0.05, 0.1) is 12.1 Å². The molecule has 0 aliphatic carbocycles. The number of carbonyl (C=O) groups is 2. The van der Waals surface area contributed by atoms with E-state index < -0.39 is 0 Å². The van der Waals surface area contributed by atoms with Gasteiger partial charge in [0.15, 0.2) is 5.84 Å². The highest BCUT2D eigenvalue weighted by Crippen LogP contribution is 2.22. The number of aldehydes is 1. The number of hydrazone groups is 1. The van der Waals surface area contributed by atoms with Gasteiger partial charge in [-0.05, 0) is 38.8 Å². The third kappa shape index (κ3) is 3.84. The summed E-state index contributed by atoms with van der Waals surface area (Å²) < 4.78 is 0. The molecule has 1 aliphatic rings. The fourth-order valence-corrected chi connectivity index (χ4v) is 2.77. The average molecular weight is 363 g/mol. The van der Waals surface area contributed by atoms with Crippen molar-refractivity contribution in [2.24, 2.45) is 5.10 Å². The van der Waals surface area contributed by atoms with Gasteiger partial charge in [-0.1, -0.05) is 48.5 Å². The van der Waals surface area contributed by atoms with Crippen molar-refractivity contribution in [1.82, 2.24) is 15.4 Å². The van der Waals surface area contributed by atoms with Gasteiger partial charge in [0.1, 0.15) is 6.29 Å². The van der Waals surface area contributed by atoms with Crippen molar-refractivity contribution in [1.29, 1.82) is 0 Å². The Morgan fingerprint density at radius 3 is 1.74 bits per heavy atom. The van der Waals surface area contributed by atoms with Crippen LogP contribution in [-0.2, 0) is 0 Å². The van der Waals surface area contributed by atoms with Crippen molar-refractivity contribution < 1.29 is 9.59 Å². The highest BCUT2D eigenvalue weighted by Gasteiger charge is 2.33. The van der Waals surface area contributed by atoms with E-state index in [4.69, 9.17) is 0 Å². The summed E-state index contributed by atoms with van der Waals surface area (Å²) in [6, 6.07) is 15.0. The monoisotopic (exact) mass is 363 g/mol. The fourth-order valence-electron chi connectivity index (χ4n) is 2.77. The second-order valence-electron chi connectivity index (χ2n) is 7.00. The van der Waals surface area contributed by atoms with Crippen molar-refractivity contribution in [2.45, 2.75) is 39.8 Å². The standard InChI is InChI=1S/C21H23N4O2/c1-14(2)24-21(27)25(15(3)4)23-20(22-24)19-11-9-18(10-12-19)17-7-5-16(13-26)6-8-17/h5-15H,1-4H3. The molecule has 0 bridgehead atoms. The number of hydrogen-bond donors (Lipinski definition) is 0. The van der Waals surface area contributed by atoms with Crippen molar-refractivity contribution >= 4 is 18.2 Å². The van der Waals surface area contributed by atoms with E-state index >= 15 is 0 Å². The summed E-state index contributed by atoms with van der Waals surface area (Å²) in [6.07, 6.45) is 0.831. The normalized spacial score (nSPS) is 14.4. The summed E-state index contributed by atoms with van der Waals surface area (Å²) in [7, 11) is 0. The molecule has 0 N–H and O–H groups in total. The molecule has 0 aromatic heterocycles. The van der Waals surface area contributed by atoms with E-state index in [2.05, 4.69) is 10.5 Å². The largest absolute Gasteiger partial charge is 0.361 e. The SMILES string of the molecule is CC(C)N1[N]C(c2ccc(-c3ccc(C=O)cc3)cc2)=NN(C(C)C)C1=O. The molecule has 2 amide bonds. The highest BCUT2D eigenvalue weighted by molar-refractivity contribution is 6.01. The molecule has 0 spiro atoms. The van der Waals surface area contributed by atoms with Gasteiger partial charge in [-0.15, -0.1) is 10.5 Å². The Labute approximate surface area is 159 Å². The van der Waals surface area contributed by atoms with Crippen molar-refractivity contribution in [2.75, 3.05) is 0 Å². The Bertz CT molecular complexity index is 855. The van der Waals surface area contributed by atoms with Crippen LogP contribution < -0.4 is 5.43 Å². The fraction of sp³-hybridized carbons (Fsp3) is 0.286. The van der Waals surface area contributed by atoms with E-state index in [9.17, 15) is 9.59 Å². The Hall–Kier alpha value is -3.15. The zero-order chi connectivity index (χ0) is 19.6. The zero-order valence-electron chi connectivity index (χ0n) is 16.0. The molecule has 3 rings (SSSR count). The van der Waals surface area contributed by atoms with E-state index in [0.717, 1.165) is 23.0 Å². The van der Waals surface area contributed by atoms with Crippen LogP contribution in [0.4, 0.5) is 4.79 Å². The third-order valence-corrected chi connectivity index (χ3v) is 4.30. The molecule has 0 fully saturated rings. The molecular formula is C21H23N4O2. The number of nitrogens with zero attached hydrogens (tertiary/aromatic N) is 4. The second-order valence-corrected chi connectivity index (χ2v) is 7.00. The van der Waals surface area contributed by atoms with Crippen LogP contribution in [0.1, 0.15) is 43.6 Å². The van der Waals surface area contributed by atoms with E-state index in [1.807, 2.05) is 64.1 Å². The molecule has 0 saturated heterocycles. The quantitative estimate of drug-likeness (QED) is 0.756. The second kappa shape index (κ2) is 7.61. The van der Waals surface area contributed by atoms with Crippen molar-refractivity contribution in [3.63, 3.8) is 0 Å². The smallest absolute Gasteiger partial charge is 0.298 e. The summed E-state index contributed by atoms with van der Waals surface area (Å²) in [5, 5.41) is 7.38. The molecule has 139 valence electrons. The van der Waals surface area contributed by atoms with Crippen molar-refractivity contribution in [3.05, 3.63) is 59.7 Å². The number of carbonyl (C=O) groups excluding carboxylic acids is 2. The first-order valence-corrected chi connectivity index (χ1v) is 8.99. The molecule has 6 nitrogen and oxygen atoms in total. The maximum absolute atomic E-state index is 12.5. The van der Waals surface area contributed by atoms with E-state index in [-0.39, 0.29) is 18.1 Å². The Balaban J connectivity index is 1.89. The lowest BCUT2D eigenvalue weighted by molar-refractivity contribution is 0.103. The lowest BCUT2D eigenvalue weighted by Crippen LogP contribution is -2.56. The molecular weight excluding hydrogens is 340 g/mol. The molecule has 1 radical (unpaired) electrons. The summed E-state index contributed by atoms with van der Waals surface area (Å²) in [4.78, 5) is 23.3. The van der Waals surface area contributed by atoms with Crippen LogP contribution in [0.15, 0.2) is 53.6 Å². The summed E-state index contributed by atoms with van der Waals surface area (Å²) in [6.45, 7) is 7.70. The maximum atomic E-state index is 12.5. The van der Waals surface area contributed by atoms with Gasteiger partial charge in [0, 0.05) is 11.1 Å². The zero-order valence-corrected chi connectivity index (χ0v) is 16.0. The number of amidine groups is 1. The van der Waals surface area contributed by atoms with Crippen LogP contribution >= 0.6 is 0 Å². The first kappa shape index (κ1) is 18.6. The Kier molecular flexibility index (Phi) is 5.26. The van der Waals surface area contributed by atoms with Gasteiger partial charge in [-0.25, -0.2) is 14.8 Å². The van der Waals surface area contributed by atoms with Crippen LogP contribution in [0, 0.1) is 0 Å².